The van der Waals surface area contributed by atoms with Crippen LogP contribution in [-0.2, 0) is 11.2 Å². The summed E-state index contributed by atoms with van der Waals surface area (Å²) in [7, 11) is 3.59. The number of halogens is 2. The third-order valence-electron chi connectivity index (χ3n) is 2.98. The third-order valence-corrected chi connectivity index (χ3v) is 3.33. The van der Waals surface area contributed by atoms with Crippen LogP contribution in [0.15, 0.2) is 18.2 Å². The first-order valence-electron chi connectivity index (χ1n) is 5.76. The summed E-state index contributed by atoms with van der Waals surface area (Å²) in [6.07, 6.45) is 1.77. The van der Waals surface area contributed by atoms with E-state index in [-0.39, 0.29) is 18.0 Å². The minimum atomic E-state index is -0.307. The Hall–Kier alpha value is -0.640. The molecule has 0 saturated carbocycles. The van der Waals surface area contributed by atoms with Crippen LogP contribution in [0.3, 0.4) is 0 Å². The molecule has 0 spiro atoms. The van der Waals surface area contributed by atoms with Gasteiger partial charge in [0.05, 0.1) is 6.10 Å². The number of ether oxygens (including phenoxy) is 1. The van der Waals surface area contributed by atoms with Crippen LogP contribution in [0.2, 0.25) is 5.02 Å². The van der Waals surface area contributed by atoms with Crippen molar-refractivity contribution in [1.29, 1.82) is 0 Å². The Morgan fingerprint density at radius 1 is 1.47 bits per heavy atom. The molecule has 0 aliphatic heterocycles. The van der Waals surface area contributed by atoms with E-state index in [9.17, 15) is 4.39 Å². The van der Waals surface area contributed by atoms with Crippen LogP contribution < -0.4 is 5.32 Å². The van der Waals surface area contributed by atoms with Crippen LogP contribution in [0, 0.1) is 5.82 Å². The highest BCUT2D eigenvalue weighted by Gasteiger charge is 2.19. The number of nitrogens with one attached hydrogen (secondary N) is 1. The highest BCUT2D eigenvalue weighted by molar-refractivity contribution is 6.31. The summed E-state index contributed by atoms with van der Waals surface area (Å²) < 4.78 is 18.3. The largest absolute Gasteiger partial charge is 0.380 e. The first-order chi connectivity index (χ1) is 8.12. The predicted molar refractivity (Wildman–Crippen MR) is 69.0 cm³/mol. The van der Waals surface area contributed by atoms with Crippen molar-refractivity contribution in [3.63, 3.8) is 0 Å². The first-order valence-corrected chi connectivity index (χ1v) is 6.14. The van der Waals surface area contributed by atoms with E-state index in [0.29, 0.717) is 5.02 Å². The third kappa shape index (κ3) is 3.95. The smallest absolute Gasteiger partial charge is 0.124 e. The Morgan fingerprint density at radius 3 is 2.65 bits per heavy atom. The molecule has 0 saturated heterocycles. The van der Waals surface area contributed by atoms with E-state index in [2.05, 4.69) is 12.2 Å². The van der Waals surface area contributed by atoms with Gasteiger partial charge in [-0.1, -0.05) is 24.6 Å². The molecule has 1 N–H and O–H groups in total. The second kappa shape index (κ2) is 6.94. The molecule has 17 heavy (non-hydrogen) atoms. The van der Waals surface area contributed by atoms with Crippen LogP contribution in [0.5, 0.6) is 0 Å². The van der Waals surface area contributed by atoms with Gasteiger partial charge in [0.15, 0.2) is 0 Å². The number of benzene rings is 1. The average molecular weight is 260 g/mol. The zero-order valence-corrected chi connectivity index (χ0v) is 11.2. The number of rotatable bonds is 6. The Bertz CT molecular complexity index is 355. The van der Waals surface area contributed by atoms with Gasteiger partial charge in [-0.2, -0.15) is 0 Å². The zero-order valence-electron chi connectivity index (χ0n) is 10.5. The quantitative estimate of drug-likeness (QED) is 0.848. The molecule has 2 nitrogen and oxygen atoms in total. The summed E-state index contributed by atoms with van der Waals surface area (Å²) in [5, 5.41) is 3.69. The van der Waals surface area contributed by atoms with E-state index in [1.807, 2.05) is 7.05 Å². The van der Waals surface area contributed by atoms with E-state index in [1.54, 1.807) is 13.2 Å². The Morgan fingerprint density at radius 2 is 2.18 bits per heavy atom. The summed E-state index contributed by atoms with van der Waals surface area (Å²) in [5.74, 6) is -0.307. The van der Waals surface area contributed by atoms with E-state index in [0.717, 1.165) is 18.4 Å². The van der Waals surface area contributed by atoms with Crippen molar-refractivity contribution in [3.05, 3.63) is 34.6 Å². The number of hydrogen-bond acceptors (Lipinski definition) is 2. The highest BCUT2D eigenvalue weighted by atomic mass is 35.5. The molecule has 0 fully saturated rings. The second-order valence-electron chi connectivity index (χ2n) is 4.02. The van der Waals surface area contributed by atoms with Crippen LogP contribution in [-0.4, -0.2) is 26.3 Å². The SMILES string of the molecule is CCC(OC)C(Cc1ccc(F)cc1Cl)NC. The zero-order chi connectivity index (χ0) is 12.8. The van der Waals surface area contributed by atoms with Gasteiger partial charge in [-0.05, 0) is 37.6 Å². The summed E-state index contributed by atoms with van der Waals surface area (Å²) >= 11 is 6.01. The Labute approximate surface area is 107 Å². The van der Waals surface area contributed by atoms with E-state index < -0.39 is 0 Å². The predicted octanol–water partition coefficient (Wildman–Crippen LogP) is 3.03. The molecule has 1 rings (SSSR count). The fourth-order valence-corrected chi connectivity index (χ4v) is 2.20. The fourth-order valence-electron chi connectivity index (χ4n) is 1.96. The van der Waals surface area contributed by atoms with Crippen LogP contribution in [0.1, 0.15) is 18.9 Å². The number of hydrogen-bond donors (Lipinski definition) is 1. The minimum absolute atomic E-state index is 0.126. The van der Waals surface area contributed by atoms with Gasteiger partial charge in [-0.25, -0.2) is 4.39 Å². The fraction of sp³-hybridized carbons (Fsp3) is 0.538. The maximum atomic E-state index is 12.9. The molecule has 1 aromatic carbocycles. The first kappa shape index (κ1) is 14.4. The van der Waals surface area contributed by atoms with E-state index in [1.165, 1.54) is 12.1 Å². The van der Waals surface area contributed by atoms with Crippen LogP contribution in [0.25, 0.3) is 0 Å². The molecule has 1 aromatic rings. The van der Waals surface area contributed by atoms with Crippen molar-refractivity contribution in [3.8, 4) is 0 Å². The minimum Gasteiger partial charge on any atom is -0.380 e. The van der Waals surface area contributed by atoms with Crippen molar-refractivity contribution >= 4 is 11.6 Å². The molecule has 0 heterocycles. The van der Waals surface area contributed by atoms with Gasteiger partial charge in [0.25, 0.3) is 0 Å². The Kier molecular flexibility index (Phi) is 5.89. The summed E-state index contributed by atoms with van der Waals surface area (Å²) in [6.45, 7) is 2.07. The summed E-state index contributed by atoms with van der Waals surface area (Å²) in [4.78, 5) is 0. The van der Waals surface area contributed by atoms with Gasteiger partial charge in [0.2, 0.25) is 0 Å². The molecule has 0 aromatic heterocycles. The monoisotopic (exact) mass is 259 g/mol. The number of likely N-dealkylation sites (N-methyl/N-ethyl adjacent to an activating group) is 1. The molecular weight excluding hydrogens is 241 g/mol. The average Bonchev–Trinajstić information content (AvgIpc) is 2.32. The van der Waals surface area contributed by atoms with Gasteiger partial charge in [0.1, 0.15) is 5.82 Å². The van der Waals surface area contributed by atoms with Crippen molar-refractivity contribution in [1.82, 2.24) is 5.32 Å². The lowest BCUT2D eigenvalue weighted by atomic mass is 9.99. The topological polar surface area (TPSA) is 21.3 Å². The molecule has 0 amide bonds. The van der Waals surface area contributed by atoms with Crippen molar-refractivity contribution in [2.75, 3.05) is 14.2 Å². The standard InChI is InChI=1S/C13H19ClFNO/c1-4-13(17-3)12(16-2)7-9-5-6-10(15)8-11(9)14/h5-6,8,12-13,16H,4,7H2,1-3H3. The molecule has 4 heteroatoms. The van der Waals surface area contributed by atoms with Gasteiger partial charge >= 0.3 is 0 Å². The van der Waals surface area contributed by atoms with Gasteiger partial charge in [0, 0.05) is 18.2 Å². The van der Waals surface area contributed by atoms with Gasteiger partial charge in [-0.15, -0.1) is 0 Å². The van der Waals surface area contributed by atoms with Gasteiger partial charge in [-0.3, -0.25) is 0 Å². The number of methoxy groups -OCH3 is 1. The molecule has 0 aliphatic carbocycles. The molecular formula is C13H19ClFNO. The lowest BCUT2D eigenvalue weighted by molar-refractivity contribution is 0.0678. The maximum Gasteiger partial charge on any atom is 0.124 e. The van der Waals surface area contributed by atoms with Crippen molar-refractivity contribution in [2.24, 2.45) is 0 Å². The molecule has 2 atom stereocenters. The summed E-state index contributed by atoms with van der Waals surface area (Å²) in [6, 6.07) is 4.68. The molecule has 2 unspecified atom stereocenters. The molecule has 0 radical (unpaired) electrons. The normalized spacial score (nSPS) is 14.6. The lowest BCUT2D eigenvalue weighted by Crippen LogP contribution is -2.40. The van der Waals surface area contributed by atoms with Crippen molar-refractivity contribution < 1.29 is 9.13 Å². The van der Waals surface area contributed by atoms with E-state index in [4.69, 9.17) is 16.3 Å². The second-order valence-corrected chi connectivity index (χ2v) is 4.42. The molecule has 0 aliphatic rings. The van der Waals surface area contributed by atoms with E-state index >= 15 is 0 Å². The van der Waals surface area contributed by atoms with Gasteiger partial charge < -0.3 is 10.1 Å². The highest BCUT2D eigenvalue weighted by Crippen LogP contribution is 2.20. The van der Waals surface area contributed by atoms with Crippen LogP contribution in [0.4, 0.5) is 4.39 Å². The molecule has 96 valence electrons. The molecule has 0 bridgehead atoms. The Balaban J connectivity index is 2.80. The van der Waals surface area contributed by atoms with Crippen molar-refractivity contribution in [2.45, 2.75) is 31.9 Å². The lowest BCUT2D eigenvalue weighted by Gasteiger charge is -2.25. The van der Waals surface area contributed by atoms with Crippen LogP contribution >= 0.6 is 11.6 Å². The maximum absolute atomic E-state index is 12.9. The summed E-state index contributed by atoms with van der Waals surface area (Å²) in [5.41, 5.74) is 0.933.